The number of aryl methyl sites for hydroxylation is 1. The number of aromatic hydroxyl groups is 1. The zero-order chi connectivity index (χ0) is 23.7. The normalized spacial score (nSPS) is 17.9. The van der Waals surface area contributed by atoms with Gasteiger partial charge in [0.1, 0.15) is 5.75 Å². The van der Waals surface area contributed by atoms with E-state index >= 15 is 0 Å². The van der Waals surface area contributed by atoms with Gasteiger partial charge in [-0.2, -0.15) is 0 Å². The molecule has 1 unspecified atom stereocenters. The van der Waals surface area contributed by atoms with Crippen LogP contribution in [0, 0.1) is 6.92 Å². The minimum absolute atomic E-state index is 0.0435. The summed E-state index contributed by atoms with van der Waals surface area (Å²) in [6.07, 6.45) is 1.54. The minimum Gasteiger partial charge on any atom is -0.507 e. The Morgan fingerprint density at radius 1 is 1.12 bits per heavy atom. The van der Waals surface area contributed by atoms with E-state index in [1.54, 1.807) is 31.7 Å². The lowest BCUT2D eigenvalue weighted by atomic mass is 9.89. The molecule has 0 spiro atoms. The van der Waals surface area contributed by atoms with Gasteiger partial charge in [-0.15, -0.1) is 0 Å². The van der Waals surface area contributed by atoms with Gasteiger partial charge in [-0.3, -0.25) is 4.79 Å². The maximum absolute atomic E-state index is 13.6. The Labute approximate surface area is 195 Å². The van der Waals surface area contributed by atoms with E-state index in [1.165, 1.54) is 23.9 Å². The third-order valence-electron chi connectivity index (χ3n) is 5.23. The van der Waals surface area contributed by atoms with E-state index in [0.717, 1.165) is 10.6 Å². The van der Waals surface area contributed by atoms with E-state index in [4.69, 9.17) is 21.1 Å². The fourth-order valence-corrected chi connectivity index (χ4v) is 4.81. The molecule has 2 heterocycles. The summed E-state index contributed by atoms with van der Waals surface area (Å²) in [6.45, 7) is 8.87. The van der Waals surface area contributed by atoms with Crippen molar-refractivity contribution in [2.75, 3.05) is 13.2 Å². The van der Waals surface area contributed by atoms with Crippen LogP contribution < -0.4 is 0 Å². The summed E-state index contributed by atoms with van der Waals surface area (Å²) in [5.41, 5.74) is 1.12. The van der Waals surface area contributed by atoms with Gasteiger partial charge in [0.05, 0.1) is 29.4 Å². The number of phenolic OH excluding ortho intramolecular Hbond substituents is 1. The third-order valence-corrected chi connectivity index (χ3v) is 6.76. The van der Waals surface area contributed by atoms with Crippen molar-refractivity contribution >= 4 is 41.1 Å². The highest BCUT2D eigenvalue weighted by Crippen LogP contribution is 2.47. The van der Waals surface area contributed by atoms with E-state index in [1.807, 2.05) is 13.8 Å². The second kappa shape index (κ2) is 9.42. The lowest BCUT2D eigenvalue weighted by Crippen LogP contribution is -2.45. The molecule has 1 aromatic rings. The molecule has 3 rings (SSSR count). The van der Waals surface area contributed by atoms with Crippen LogP contribution in [0.3, 0.4) is 0 Å². The Morgan fingerprint density at radius 2 is 1.78 bits per heavy atom. The van der Waals surface area contributed by atoms with Crippen LogP contribution in [0.2, 0.25) is 5.02 Å². The van der Waals surface area contributed by atoms with E-state index in [0.29, 0.717) is 15.6 Å². The molecule has 0 radical (unpaired) electrons. The highest BCUT2D eigenvalue weighted by atomic mass is 35.5. The number of benzene rings is 1. The van der Waals surface area contributed by atoms with Crippen LogP contribution in [0.5, 0.6) is 5.75 Å². The number of carbonyl (C=O) groups is 3. The molecule has 1 atom stereocenters. The fourth-order valence-electron chi connectivity index (χ4n) is 3.57. The maximum Gasteiger partial charge on any atom is 0.337 e. The largest absolute Gasteiger partial charge is 0.507 e. The number of nitrogens with zero attached hydrogens (tertiary/aromatic N) is 1. The molecule has 0 aliphatic carbocycles. The van der Waals surface area contributed by atoms with Crippen molar-refractivity contribution in [2.45, 2.75) is 40.7 Å². The number of ketones is 1. The Kier molecular flexibility index (Phi) is 7.05. The van der Waals surface area contributed by atoms with Crippen molar-refractivity contribution in [3.63, 3.8) is 0 Å². The maximum atomic E-state index is 13.6. The van der Waals surface area contributed by atoms with E-state index < -0.39 is 23.8 Å². The van der Waals surface area contributed by atoms with Crippen LogP contribution in [-0.4, -0.2) is 47.0 Å². The first-order valence-electron chi connectivity index (χ1n) is 10.1. The van der Waals surface area contributed by atoms with Gasteiger partial charge in [0.2, 0.25) is 0 Å². The van der Waals surface area contributed by atoms with Gasteiger partial charge in [0, 0.05) is 21.2 Å². The summed E-state index contributed by atoms with van der Waals surface area (Å²) in [7, 11) is 0. The lowest BCUT2D eigenvalue weighted by molar-refractivity contribution is -0.150. The van der Waals surface area contributed by atoms with Gasteiger partial charge in [-0.1, -0.05) is 23.4 Å². The van der Waals surface area contributed by atoms with Crippen LogP contribution in [-0.2, 0) is 19.1 Å². The average Bonchev–Trinajstić information content (AvgIpc) is 3.02. The number of hydrogen-bond donors (Lipinski definition) is 1. The van der Waals surface area contributed by atoms with Crippen LogP contribution in [0.25, 0.3) is 0 Å². The number of hydrogen-bond acceptors (Lipinski definition) is 8. The fraction of sp³-hybridized carbons (Fsp3) is 0.348. The SMILES string of the molecule is CCOC(=O)C1=C(C(=O)c2cc(Cl)c(C)cc2O)C=C2SC(C)=C(C)N2C1C(=O)OCC. The summed E-state index contributed by atoms with van der Waals surface area (Å²) >= 11 is 7.57. The van der Waals surface area contributed by atoms with E-state index in [9.17, 15) is 19.5 Å². The second-order valence-corrected chi connectivity index (χ2v) is 8.89. The van der Waals surface area contributed by atoms with Crippen molar-refractivity contribution in [3.8, 4) is 5.75 Å². The van der Waals surface area contributed by atoms with Gasteiger partial charge < -0.3 is 19.5 Å². The molecule has 32 heavy (non-hydrogen) atoms. The highest BCUT2D eigenvalue weighted by Gasteiger charge is 2.46. The highest BCUT2D eigenvalue weighted by molar-refractivity contribution is 8.06. The molecule has 170 valence electrons. The number of halogens is 1. The molecule has 0 aromatic heterocycles. The van der Waals surface area contributed by atoms with Gasteiger partial charge in [0.25, 0.3) is 0 Å². The van der Waals surface area contributed by atoms with Crippen molar-refractivity contribution < 1.29 is 29.0 Å². The van der Waals surface area contributed by atoms with Crippen molar-refractivity contribution in [2.24, 2.45) is 0 Å². The zero-order valence-electron chi connectivity index (χ0n) is 18.4. The molecule has 2 aliphatic rings. The number of esters is 2. The first-order valence-corrected chi connectivity index (χ1v) is 11.3. The predicted octanol–water partition coefficient (Wildman–Crippen LogP) is 4.48. The summed E-state index contributed by atoms with van der Waals surface area (Å²) in [4.78, 5) is 42.2. The molecule has 2 aliphatic heterocycles. The van der Waals surface area contributed by atoms with Crippen LogP contribution in [0.15, 0.2) is 45.0 Å². The van der Waals surface area contributed by atoms with E-state index in [2.05, 4.69) is 0 Å². The minimum atomic E-state index is -1.19. The first kappa shape index (κ1) is 23.9. The van der Waals surface area contributed by atoms with Crippen LogP contribution in [0.1, 0.15) is 43.6 Å². The summed E-state index contributed by atoms with van der Waals surface area (Å²) < 4.78 is 10.5. The summed E-state index contributed by atoms with van der Waals surface area (Å²) in [6, 6.07) is 1.54. The molecule has 9 heteroatoms. The molecule has 0 bridgehead atoms. The zero-order valence-corrected chi connectivity index (χ0v) is 20.0. The van der Waals surface area contributed by atoms with Crippen molar-refractivity contribution in [1.29, 1.82) is 0 Å². The molecule has 1 N–H and O–H groups in total. The Morgan fingerprint density at radius 3 is 2.41 bits per heavy atom. The summed E-state index contributed by atoms with van der Waals surface area (Å²) in [5.74, 6) is -2.39. The molecular formula is C23H24ClNO6S. The Bertz CT molecular complexity index is 1100. The molecule has 0 fully saturated rings. The number of phenols is 1. The molecule has 7 nitrogen and oxygen atoms in total. The number of rotatable bonds is 6. The van der Waals surface area contributed by atoms with Crippen LogP contribution in [0.4, 0.5) is 0 Å². The Balaban J connectivity index is 2.27. The lowest BCUT2D eigenvalue weighted by Gasteiger charge is -2.34. The third kappa shape index (κ3) is 4.17. The van der Waals surface area contributed by atoms with E-state index in [-0.39, 0.29) is 35.7 Å². The second-order valence-electron chi connectivity index (χ2n) is 7.25. The van der Waals surface area contributed by atoms with Gasteiger partial charge in [-0.25, -0.2) is 9.59 Å². The number of ether oxygens (including phenoxy) is 2. The Hall–Kier alpha value is -2.71. The first-order chi connectivity index (χ1) is 15.1. The summed E-state index contributed by atoms with van der Waals surface area (Å²) in [5, 5.41) is 11.3. The molecule has 0 amide bonds. The smallest absolute Gasteiger partial charge is 0.337 e. The standard InChI is InChI=1S/C23H24ClNO6S/c1-6-30-22(28)19-15(21(27)14-9-16(24)11(3)8-17(14)26)10-18-25(12(4)13(5)32-18)20(19)23(29)31-7-2/h8-10,20,26H,6-7H2,1-5H3. The number of Topliss-reactive ketones (excluding diaryl/α,β-unsaturated/α-hetero) is 1. The van der Waals surface area contributed by atoms with Crippen LogP contribution >= 0.6 is 23.4 Å². The number of thioether (sulfide) groups is 1. The molecular weight excluding hydrogens is 454 g/mol. The van der Waals surface area contributed by atoms with Gasteiger partial charge in [0.15, 0.2) is 11.8 Å². The number of carbonyl (C=O) groups excluding carboxylic acids is 3. The van der Waals surface area contributed by atoms with Crippen molar-refractivity contribution in [3.05, 3.63) is 61.1 Å². The topological polar surface area (TPSA) is 93.1 Å². The quantitative estimate of drug-likeness (QED) is 0.473. The predicted molar refractivity (Wildman–Crippen MR) is 122 cm³/mol. The van der Waals surface area contributed by atoms with Crippen molar-refractivity contribution in [1.82, 2.24) is 4.90 Å². The molecule has 1 aromatic carbocycles. The average molecular weight is 478 g/mol. The molecule has 0 saturated carbocycles. The molecule has 0 saturated heterocycles. The van der Waals surface area contributed by atoms with Gasteiger partial charge >= 0.3 is 11.9 Å². The monoisotopic (exact) mass is 477 g/mol. The number of fused-ring (bicyclic) bond motifs is 1. The number of allylic oxidation sites excluding steroid dienone is 4. The van der Waals surface area contributed by atoms with Gasteiger partial charge in [-0.05, 0) is 58.4 Å².